The third kappa shape index (κ3) is 2.14. The van der Waals surface area contributed by atoms with Crippen molar-refractivity contribution in [1.82, 2.24) is 14.4 Å². The molecule has 0 saturated carbocycles. The number of nitrogen functional groups attached to an aromatic ring is 1. The Morgan fingerprint density at radius 2 is 2.20 bits per heavy atom. The quantitative estimate of drug-likeness (QED) is 0.904. The highest BCUT2D eigenvalue weighted by Gasteiger charge is 2.20. The zero-order valence-corrected chi connectivity index (χ0v) is 13.3. The molecule has 5 heteroatoms. The molecule has 0 fully saturated rings. The first kappa shape index (κ1) is 13.6. The average molecular weight is 334 g/mol. The van der Waals surface area contributed by atoms with Crippen molar-refractivity contribution in [3.8, 4) is 0 Å². The van der Waals surface area contributed by atoms with Gasteiger partial charge in [0.05, 0.1) is 11.9 Å². The molecule has 0 aromatic carbocycles. The Balaban J connectivity index is 2.32. The zero-order chi connectivity index (χ0) is 14.3. The van der Waals surface area contributed by atoms with Gasteiger partial charge in [0.15, 0.2) is 5.82 Å². The third-order valence-corrected chi connectivity index (χ3v) is 4.22. The maximum atomic E-state index is 6.04. The van der Waals surface area contributed by atoms with Crippen LogP contribution in [0.15, 0.2) is 16.9 Å². The van der Waals surface area contributed by atoms with E-state index < -0.39 is 0 Å². The molecule has 0 amide bonds. The fourth-order valence-corrected chi connectivity index (χ4v) is 3.24. The topological polar surface area (TPSA) is 56.2 Å². The molecule has 1 aliphatic rings. The Labute approximate surface area is 127 Å². The Morgan fingerprint density at radius 3 is 2.85 bits per heavy atom. The Hall–Kier alpha value is -1.36. The molecule has 2 aromatic rings. The van der Waals surface area contributed by atoms with E-state index in [1.54, 1.807) is 0 Å². The molecule has 105 valence electrons. The minimum Gasteiger partial charge on any atom is -0.382 e. The number of fused-ring (bicyclic) bond motifs is 1. The molecule has 0 aliphatic heterocycles. The van der Waals surface area contributed by atoms with Gasteiger partial charge in [-0.2, -0.15) is 0 Å². The van der Waals surface area contributed by atoms with Gasteiger partial charge in [-0.1, -0.05) is 19.9 Å². The standard InChI is InChI=1S/C15H18BrN4/c1-9(2)15-19-13(16)12-14(17)18-8-11(20(12)15)10-6-4-3-5-7-10/h3,6,8-9H,4-5,7H2,1-2H3,(H2,17,18). The van der Waals surface area contributed by atoms with Crippen LogP contribution in [0.2, 0.25) is 0 Å². The molecule has 0 atom stereocenters. The summed E-state index contributed by atoms with van der Waals surface area (Å²) < 4.78 is 2.94. The van der Waals surface area contributed by atoms with Gasteiger partial charge in [0.25, 0.3) is 0 Å². The lowest BCUT2D eigenvalue weighted by atomic mass is 9.97. The number of anilines is 1. The second-order valence-electron chi connectivity index (χ2n) is 5.42. The number of aromatic nitrogens is 3. The number of halogens is 1. The number of nitrogens with two attached hydrogens (primary N) is 1. The van der Waals surface area contributed by atoms with Crippen LogP contribution in [-0.4, -0.2) is 14.4 Å². The summed E-state index contributed by atoms with van der Waals surface area (Å²) in [6.45, 7) is 4.29. The summed E-state index contributed by atoms with van der Waals surface area (Å²) in [7, 11) is 0. The van der Waals surface area contributed by atoms with Crippen LogP contribution >= 0.6 is 15.9 Å². The highest BCUT2D eigenvalue weighted by atomic mass is 79.9. The molecule has 2 heterocycles. The predicted octanol–water partition coefficient (Wildman–Crippen LogP) is 3.97. The smallest absolute Gasteiger partial charge is 0.150 e. The summed E-state index contributed by atoms with van der Waals surface area (Å²) in [5.41, 5.74) is 9.36. The molecule has 2 N–H and O–H groups in total. The first-order valence-corrected chi connectivity index (χ1v) is 7.72. The molecule has 0 saturated heterocycles. The van der Waals surface area contributed by atoms with Crippen molar-refractivity contribution in [3.05, 3.63) is 34.8 Å². The molecule has 4 nitrogen and oxygen atoms in total. The van der Waals surface area contributed by atoms with Crippen LogP contribution < -0.4 is 5.73 Å². The third-order valence-electron chi connectivity index (χ3n) is 3.66. The van der Waals surface area contributed by atoms with Crippen molar-refractivity contribution in [2.45, 2.75) is 39.0 Å². The average Bonchev–Trinajstić information content (AvgIpc) is 2.79. The maximum absolute atomic E-state index is 6.04. The molecule has 0 bridgehead atoms. The van der Waals surface area contributed by atoms with Gasteiger partial charge < -0.3 is 5.73 Å². The van der Waals surface area contributed by atoms with Crippen molar-refractivity contribution in [3.63, 3.8) is 0 Å². The lowest BCUT2D eigenvalue weighted by Gasteiger charge is -2.16. The second-order valence-corrected chi connectivity index (χ2v) is 6.17. The van der Waals surface area contributed by atoms with Gasteiger partial charge in [-0.3, -0.25) is 4.40 Å². The molecular weight excluding hydrogens is 316 g/mol. The largest absolute Gasteiger partial charge is 0.382 e. The minimum absolute atomic E-state index is 0.324. The van der Waals surface area contributed by atoms with E-state index in [1.807, 2.05) is 6.20 Å². The van der Waals surface area contributed by atoms with Crippen molar-refractivity contribution in [1.29, 1.82) is 0 Å². The van der Waals surface area contributed by atoms with Crippen LogP contribution in [0.5, 0.6) is 0 Å². The fourth-order valence-electron chi connectivity index (χ4n) is 2.67. The summed E-state index contributed by atoms with van der Waals surface area (Å²) in [4.78, 5) is 8.98. The van der Waals surface area contributed by atoms with Gasteiger partial charge in [0.1, 0.15) is 15.9 Å². The molecular formula is C15H18BrN4. The predicted molar refractivity (Wildman–Crippen MR) is 85.3 cm³/mol. The van der Waals surface area contributed by atoms with Crippen LogP contribution in [-0.2, 0) is 0 Å². The molecule has 0 spiro atoms. The lowest BCUT2D eigenvalue weighted by Crippen LogP contribution is -2.07. The summed E-state index contributed by atoms with van der Waals surface area (Å²) in [6.07, 6.45) is 9.64. The van der Waals surface area contributed by atoms with E-state index in [2.05, 4.69) is 56.6 Å². The van der Waals surface area contributed by atoms with E-state index in [9.17, 15) is 0 Å². The number of allylic oxidation sites excluding steroid dienone is 2. The van der Waals surface area contributed by atoms with Crippen molar-refractivity contribution >= 4 is 32.8 Å². The second kappa shape index (κ2) is 5.20. The summed E-state index contributed by atoms with van der Waals surface area (Å²) in [5, 5.41) is 0. The number of imidazole rings is 1. The van der Waals surface area contributed by atoms with Crippen molar-refractivity contribution < 1.29 is 0 Å². The summed E-state index contributed by atoms with van der Waals surface area (Å²) in [5.74, 6) is 1.86. The molecule has 20 heavy (non-hydrogen) atoms. The molecule has 1 aliphatic carbocycles. The summed E-state index contributed by atoms with van der Waals surface area (Å²) in [6, 6.07) is 0. The van der Waals surface area contributed by atoms with E-state index >= 15 is 0 Å². The first-order chi connectivity index (χ1) is 9.59. The van der Waals surface area contributed by atoms with E-state index in [0.29, 0.717) is 11.7 Å². The molecule has 3 rings (SSSR count). The maximum Gasteiger partial charge on any atom is 0.150 e. The highest BCUT2D eigenvalue weighted by molar-refractivity contribution is 9.10. The van der Waals surface area contributed by atoms with Gasteiger partial charge in [-0.25, -0.2) is 9.97 Å². The zero-order valence-electron chi connectivity index (χ0n) is 11.7. The molecule has 1 radical (unpaired) electrons. The summed E-state index contributed by atoms with van der Waals surface area (Å²) >= 11 is 3.52. The number of hydrogen-bond acceptors (Lipinski definition) is 3. The lowest BCUT2D eigenvalue weighted by molar-refractivity contribution is 0.761. The SMILES string of the molecule is CC(C)c1nc(Br)c2c(N)ncc(C3=CC[CH]CC3)n12. The highest BCUT2D eigenvalue weighted by Crippen LogP contribution is 2.33. The molecule has 0 unspecified atom stereocenters. The first-order valence-electron chi connectivity index (χ1n) is 6.93. The van der Waals surface area contributed by atoms with Gasteiger partial charge in [0.2, 0.25) is 0 Å². The Kier molecular flexibility index (Phi) is 3.54. The van der Waals surface area contributed by atoms with Crippen LogP contribution in [0.25, 0.3) is 11.1 Å². The minimum atomic E-state index is 0.324. The van der Waals surface area contributed by atoms with Crippen molar-refractivity contribution in [2.75, 3.05) is 5.73 Å². The number of rotatable bonds is 2. The molecule has 2 aromatic heterocycles. The van der Waals surface area contributed by atoms with Crippen LogP contribution in [0.3, 0.4) is 0 Å². The van der Waals surface area contributed by atoms with Crippen molar-refractivity contribution in [2.24, 2.45) is 0 Å². The van der Waals surface area contributed by atoms with E-state index in [-0.39, 0.29) is 0 Å². The Morgan fingerprint density at radius 1 is 1.40 bits per heavy atom. The fraction of sp³-hybridized carbons (Fsp3) is 0.400. The van der Waals surface area contributed by atoms with E-state index in [4.69, 9.17) is 5.73 Å². The van der Waals surface area contributed by atoms with E-state index in [1.165, 1.54) is 5.57 Å². The van der Waals surface area contributed by atoms with Crippen LogP contribution in [0.1, 0.15) is 50.5 Å². The Bertz CT molecular complexity index is 685. The van der Waals surface area contributed by atoms with E-state index in [0.717, 1.165) is 40.9 Å². The van der Waals surface area contributed by atoms with Gasteiger partial charge >= 0.3 is 0 Å². The number of hydrogen-bond donors (Lipinski definition) is 1. The van der Waals surface area contributed by atoms with Crippen LogP contribution in [0.4, 0.5) is 5.82 Å². The monoisotopic (exact) mass is 333 g/mol. The van der Waals surface area contributed by atoms with Gasteiger partial charge in [-0.05, 0) is 47.2 Å². The van der Waals surface area contributed by atoms with Gasteiger partial charge in [-0.15, -0.1) is 0 Å². The number of nitrogens with zero attached hydrogens (tertiary/aromatic N) is 3. The van der Waals surface area contributed by atoms with Crippen LogP contribution in [0, 0.1) is 6.42 Å². The normalized spacial score (nSPS) is 15.9. The van der Waals surface area contributed by atoms with Gasteiger partial charge in [0, 0.05) is 5.92 Å².